The number of nitrogens with zero attached hydrogens (tertiary/aromatic N) is 28. The fourth-order valence-corrected chi connectivity index (χ4v) is 15.1. The van der Waals surface area contributed by atoms with Gasteiger partial charge in [0.25, 0.3) is 0 Å². The number of fused-ring (bicyclic) bond motifs is 4. The Morgan fingerprint density at radius 2 is 0.573 bits per heavy atom. The molecule has 2 fully saturated rings. The zero-order valence-electron chi connectivity index (χ0n) is 68.0. The number of aliphatic hydroxyl groups excluding tert-OH is 8. The molecule has 16 heterocycles. The molecule has 16 aromatic heterocycles. The summed E-state index contributed by atoms with van der Waals surface area (Å²) in [5.74, 6) is 1.47. The van der Waals surface area contributed by atoms with Crippen LogP contribution in [0.3, 0.4) is 0 Å². The van der Waals surface area contributed by atoms with Gasteiger partial charge in [0.1, 0.15) is 0 Å². The van der Waals surface area contributed by atoms with Gasteiger partial charge in [0, 0.05) is 94.1 Å². The standard InChI is InChI=1S/2C21H25N7O2.2C20H22F3N7O2/c2*1-2-19(14-3-4-14)27-10-16(8-24-27)21-20-5-6-22-28(20)12-18(25-21)15-7-23-26(9-15)11-17(30)13-29;2*1-2-15(5-20(21,22)23)28-9-14(7-26-28)19-18-3-4-24-30(18)10-17(27-19)13-6-25-29(8-13)16(11-31)12-32/h2*5-10,12,14,17,19,29-30H,2-4,11,13H2,1H3;2*3-4,6-10,15-16,31-32H,2,5,11-12H2,1H3/t2*17-,19?;2*15-/m1110/s1. The zero-order valence-corrected chi connectivity index (χ0v) is 68.0. The van der Waals surface area contributed by atoms with E-state index in [-0.39, 0.29) is 65.6 Å². The van der Waals surface area contributed by atoms with E-state index < -0.39 is 61.6 Å². The van der Waals surface area contributed by atoms with Crippen molar-refractivity contribution in [3.8, 4) is 90.1 Å². The van der Waals surface area contributed by atoms with E-state index in [4.69, 9.17) is 30.1 Å². The van der Waals surface area contributed by atoms with Crippen LogP contribution in [0.5, 0.6) is 0 Å². The predicted octanol–water partition coefficient (Wildman–Crippen LogP) is 10.1. The summed E-state index contributed by atoms with van der Waals surface area (Å²) in [5.41, 5.74) is 14.3. The van der Waals surface area contributed by atoms with Crippen LogP contribution >= 0.6 is 0 Å². The lowest BCUT2D eigenvalue weighted by Crippen LogP contribution is -2.19. The molecule has 6 atom stereocenters. The first kappa shape index (κ1) is 86.4. The quantitative estimate of drug-likeness (QED) is 0.0182. The van der Waals surface area contributed by atoms with Crippen molar-refractivity contribution < 1.29 is 67.2 Å². The fraction of sp³-hybridized carbons (Fsp3) is 0.415. The van der Waals surface area contributed by atoms with Crippen LogP contribution in [-0.4, -0.2) is 242 Å². The lowest BCUT2D eigenvalue weighted by atomic mass is 10.1. The Balaban J connectivity index is 0.000000128. The van der Waals surface area contributed by atoms with Crippen LogP contribution in [0.15, 0.2) is 173 Å². The summed E-state index contributed by atoms with van der Waals surface area (Å²) in [6.45, 7) is 6.54. The molecule has 2 aliphatic carbocycles. The number of aliphatic hydroxyl groups is 8. The largest absolute Gasteiger partial charge is 0.394 e. The van der Waals surface area contributed by atoms with Gasteiger partial charge >= 0.3 is 12.4 Å². The summed E-state index contributed by atoms with van der Waals surface area (Å²) in [5, 5.41) is 127. The van der Waals surface area contributed by atoms with E-state index >= 15 is 0 Å². The summed E-state index contributed by atoms with van der Waals surface area (Å²) in [4.78, 5) is 19.2. The average molecular weight is 1710 g/mol. The molecule has 0 bridgehead atoms. The second kappa shape index (κ2) is 37.6. The number of aromatic nitrogens is 28. The molecular weight excluding hydrogens is 1620 g/mol. The molecule has 0 aliphatic heterocycles. The first-order chi connectivity index (χ1) is 60.0. The number of hydrogen-bond acceptors (Lipinski definition) is 24. The molecule has 0 radical (unpaired) electrons. The summed E-state index contributed by atoms with van der Waals surface area (Å²) < 4.78 is 97.3. The van der Waals surface area contributed by atoms with E-state index in [1.807, 2.05) is 58.3 Å². The maximum atomic E-state index is 12.9. The van der Waals surface area contributed by atoms with Gasteiger partial charge in [-0.3, -0.25) is 37.5 Å². The topological polar surface area (TPSA) is 425 Å². The second-order valence-corrected chi connectivity index (χ2v) is 30.8. The first-order valence-corrected chi connectivity index (χ1v) is 40.8. The molecule has 652 valence electrons. The Labute approximate surface area is 703 Å². The van der Waals surface area contributed by atoms with Crippen LogP contribution in [-0.2, 0) is 13.1 Å². The Bertz CT molecular complexity index is 5810. The molecule has 16 aromatic rings. The second-order valence-electron chi connectivity index (χ2n) is 30.8. The highest BCUT2D eigenvalue weighted by atomic mass is 19.4. The minimum Gasteiger partial charge on any atom is -0.394 e. The highest BCUT2D eigenvalue weighted by Crippen LogP contribution is 2.44. The average Bonchev–Trinajstić information content (AvgIpc) is 1.63. The maximum absolute atomic E-state index is 12.9. The highest BCUT2D eigenvalue weighted by Gasteiger charge is 2.36. The van der Waals surface area contributed by atoms with Gasteiger partial charge in [-0.05, 0) is 87.5 Å². The van der Waals surface area contributed by atoms with E-state index in [1.54, 1.807) is 131 Å². The van der Waals surface area contributed by atoms with Gasteiger partial charge in [-0.1, -0.05) is 27.7 Å². The number of alkyl halides is 6. The lowest BCUT2D eigenvalue weighted by molar-refractivity contribution is -0.144. The van der Waals surface area contributed by atoms with Crippen molar-refractivity contribution in [3.63, 3.8) is 0 Å². The Kier molecular flexibility index (Phi) is 26.2. The summed E-state index contributed by atoms with van der Waals surface area (Å²) in [6.07, 6.45) is 37.0. The van der Waals surface area contributed by atoms with Crippen LogP contribution in [0.25, 0.3) is 112 Å². The Morgan fingerprint density at radius 3 is 0.839 bits per heavy atom. The predicted molar refractivity (Wildman–Crippen MR) is 438 cm³/mol. The molecule has 0 spiro atoms. The smallest absolute Gasteiger partial charge is 0.391 e. The summed E-state index contributed by atoms with van der Waals surface area (Å²) in [6, 6.07) is 5.54. The fourth-order valence-electron chi connectivity index (χ4n) is 15.1. The third-order valence-electron chi connectivity index (χ3n) is 22.0. The number of halogens is 6. The molecule has 2 unspecified atom stereocenters. The molecule has 18 rings (SSSR count). The van der Waals surface area contributed by atoms with Gasteiger partial charge < -0.3 is 40.9 Å². The maximum Gasteiger partial charge on any atom is 0.391 e. The van der Waals surface area contributed by atoms with Crippen molar-refractivity contribution in [2.75, 3.05) is 39.6 Å². The Morgan fingerprint density at radius 1 is 0.315 bits per heavy atom. The van der Waals surface area contributed by atoms with Crippen molar-refractivity contribution in [2.45, 2.75) is 166 Å². The van der Waals surface area contributed by atoms with Gasteiger partial charge in [0.15, 0.2) is 0 Å². The Hall–Kier alpha value is -12.6. The van der Waals surface area contributed by atoms with Crippen LogP contribution in [0.4, 0.5) is 26.3 Å². The summed E-state index contributed by atoms with van der Waals surface area (Å²) >= 11 is 0. The van der Waals surface area contributed by atoms with Crippen molar-refractivity contribution in [3.05, 3.63) is 173 Å². The van der Waals surface area contributed by atoms with Crippen molar-refractivity contribution >= 4 is 22.1 Å². The molecule has 124 heavy (non-hydrogen) atoms. The van der Waals surface area contributed by atoms with Crippen LogP contribution in [0, 0.1) is 11.8 Å². The van der Waals surface area contributed by atoms with E-state index in [0.717, 1.165) is 80.7 Å². The summed E-state index contributed by atoms with van der Waals surface area (Å²) in [7, 11) is 0. The van der Waals surface area contributed by atoms with Gasteiger partial charge in [0.05, 0.1) is 281 Å². The van der Waals surface area contributed by atoms with E-state index in [0.29, 0.717) is 68.1 Å². The third kappa shape index (κ3) is 19.7. The zero-order chi connectivity index (χ0) is 87.1. The SMILES string of the molecule is CCC(C1CC1)n1cc(-c2nc(-c3cnn(C[C@@H](O)CO)c3)cn3nccc23)cn1.CCC(C1CC1)n1cc(-c2nc(-c3cnn(C[C@@H](O)CO)c3)cn3nccc23)cn1.CC[C@@H](CC(F)(F)F)n1cc(-c2nc(-c3cnn(C(CO)CO)c3)cn3nccc23)cn1.CC[C@H](CC(F)(F)F)n1cc(-c2nc(-c3cnn(C(CO)CO)c3)cn3nccc23)cn1. The molecule has 42 heteroatoms. The van der Waals surface area contributed by atoms with Gasteiger partial charge in [-0.2, -0.15) is 87.5 Å². The van der Waals surface area contributed by atoms with Gasteiger partial charge in [-0.25, -0.2) is 38.0 Å². The number of rotatable bonds is 32. The molecule has 0 saturated heterocycles. The lowest BCUT2D eigenvalue weighted by Gasteiger charge is -2.17. The van der Waals surface area contributed by atoms with Crippen molar-refractivity contribution in [1.82, 2.24) is 137 Å². The molecule has 2 aliphatic rings. The molecule has 0 amide bonds. The van der Waals surface area contributed by atoms with Crippen LogP contribution in [0.2, 0.25) is 0 Å². The van der Waals surface area contributed by atoms with E-state index in [1.165, 1.54) is 56.8 Å². The molecule has 2 saturated carbocycles. The van der Waals surface area contributed by atoms with Gasteiger partial charge in [-0.15, -0.1) is 0 Å². The van der Waals surface area contributed by atoms with E-state index in [9.17, 15) is 57.0 Å². The van der Waals surface area contributed by atoms with Crippen molar-refractivity contribution in [1.29, 1.82) is 0 Å². The first-order valence-electron chi connectivity index (χ1n) is 40.8. The minimum absolute atomic E-state index is 0.222. The molecule has 8 N–H and O–H groups in total. The van der Waals surface area contributed by atoms with Crippen LogP contribution < -0.4 is 0 Å². The molecular formula is C82H94F6N28O8. The van der Waals surface area contributed by atoms with E-state index in [2.05, 4.69) is 96.8 Å². The van der Waals surface area contributed by atoms with Gasteiger partial charge in [0.2, 0.25) is 0 Å². The molecule has 36 nitrogen and oxygen atoms in total. The highest BCUT2D eigenvalue weighted by molar-refractivity contribution is 5.81. The van der Waals surface area contributed by atoms with Crippen molar-refractivity contribution in [2.24, 2.45) is 11.8 Å². The third-order valence-corrected chi connectivity index (χ3v) is 22.0. The minimum atomic E-state index is -4.29. The number of hydrogen-bond donors (Lipinski definition) is 8. The monoisotopic (exact) mass is 1710 g/mol. The normalized spacial score (nSPS) is 14.7. The van der Waals surface area contributed by atoms with Crippen LogP contribution in [0.1, 0.15) is 128 Å². The molecule has 0 aromatic carbocycles.